The molecule has 5 rings (SSSR count). The number of fused-ring (bicyclic) bond motifs is 1. The van der Waals surface area contributed by atoms with Gasteiger partial charge in [-0.2, -0.15) is 4.98 Å². The molecule has 3 N–H and O–H groups in total. The van der Waals surface area contributed by atoms with Crippen LogP contribution in [0.4, 0.5) is 31.9 Å². The third-order valence-corrected chi connectivity index (χ3v) is 6.48. The molecule has 6 nitrogen and oxygen atoms in total. The van der Waals surface area contributed by atoms with Gasteiger partial charge in [0.25, 0.3) is 0 Å². The first kappa shape index (κ1) is 19.3. The van der Waals surface area contributed by atoms with Crippen LogP contribution in [0.1, 0.15) is 57.8 Å². The van der Waals surface area contributed by atoms with Crippen LogP contribution in [0.25, 0.3) is 0 Å². The fourth-order valence-electron chi connectivity index (χ4n) is 4.95. The van der Waals surface area contributed by atoms with Crippen molar-refractivity contribution in [2.45, 2.75) is 76.2 Å². The normalized spacial score (nSPS) is 22.1. The highest BCUT2D eigenvalue weighted by atomic mass is 19.1. The Hall–Kier alpha value is -2.64. The molecule has 0 spiro atoms. The summed E-state index contributed by atoms with van der Waals surface area (Å²) in [6.07, 6.45) is 11.7. The van der Waals surface area contributed by atoms with Crippen molar-refractivity contribution < 1.29 is 8.78 Å². The Balaban J connectivity index is 1.42. The van der Waals surface area contributed by atoms with Crippen LogP contribution in [0.5, 0.6) is 0 Å². The van der Waals surface area contributed by atoms with E-state index in [1.807, 2.05) is 0 Å². The summed E-state index contributed by atoms with van der Waals surface area (Å²) in [5, 5.41) is 9.84. The van der Waals surface area contributed by atoms with Crippen LogP contribution < -0.4 is 20.9 Å². The van der Waals surface area contributed by atoms with Gasteiger partial charge in [-0.25, -0.2) is 13.8 Å². The number of hydrogen-bond donors (Lipinski definition) is 3. The minimum Gasteiger partial charge on any atom is -0.351 e. The number of aromatic nitrogens is 2. The first-order valence-electron chi connectivity index (χ1n) is 11.1. The number of anilines is 4. The molecule has 0 saturated heterocycles. The topological polar surface area (TPSA) is 65.1 Å². The molecule has 2 heterocycles. The molecule has 30 heavy (non-hydrogen) atoms. The second kappa shape index (κ2) is 8.24. The van der Waals surface area contributed by atoms with Gasteiger partial charge in [-0.05, 0) is 37.8 Å². The lowest BCUT2D eigenvalue weighted by Gasteiger charge is -2.33. The van der Waals surface area contributed by atoms with Gasteiger partial charge in [-0.15, -0.1) is 0 Å². The van der Waals surface area contributed by atoms with Gasteiger partial charge in [0.05, 0.1) is 11.9 Å². The molecule has 2 fully saturated rings. The van der Waals surface area contributed by atoms with Gasteiger partial charge in [0.2, 0.25) is 5.95 Å². The van der Waals surface area contributed by atoms with E-state index in [0.29, 0.717) is 12.0 Å². The van der Waals surface area contributed by atoms with E-state index >= 15 is 0 Å². The van der Waals surface area contributed by atoms with Crippen molar-refractivity contribution in [1.82, 2.24) is 9.97 Å². The van der Waals surface area contributed by atoms with E-state index in [4.69, 9.17) is 4.98 Å². The molecule has 0 radical (unpaired) electrons. The Morgan fingerprint density at radius 3 is 2.37 bits per heavy atom. The molecule has 2 aromatic rings. The maximum Gasteiger partial charge on any atom is 0.224 e. The second-order valence-electron chi connectivity index (χ2n) is 8.54. The van der Waals surface area contributed by atoms with Crippen LogP contribution in [-0.2, 0) is 0 Å². The number of halogens is 2. The zero-order valence-electron chi connectivity index (χ0n) is 17.0. The van der Waals surface area contributed by atoms with Crippen LogP contribution >= 0.6 is 0 Å². The van der Waals surface area contributed by atoms with E-state index in [-0.39, 0.29) is 11.7 Å². The van der Waals surface area contributed by atoms with Crippen LogP contribution in [-0.4, -0.2) is 28.3 Å². The van der Waals surface area contributed by atoms with E-state index in [1.54, 1.807) is 6.20 Å². The van der Waals surface area contributed by atoms with Gasteiger partial charge in [0, 0.05) is 12.1 Å². The first-order valence-corrected chi connectivity index (χ1v) is 11.1. The molecule has 0 bridgehead atoms. The summed E-state index contributed by atoms with van der Waals surface area (Å²) in [5.74, 6) is 0.211. The molecule has 1 unspecified atom stereocenters. The molecule has 3 aliphatic rings. The van der Waals surface area contributed by atoms with Crippen molar-refractivity contribution in [1.29, 1.82) is 0 Å². The summed E-state index contributed by atoms with van der Waals surface area (Å²) in [4.78, 5) is 11.5. The lowest BCUT2D eigenvalue weighted by Crippen LogP contribution is -2.47. The number of hydrogen-bond acceptors (Lipinski definition) is 6. The number of nitrogens with one attached hydrogen (secondary N) is 3. The number of rotatable bonds is 5. The van der Waals surface area contributed by atoms with Crippen LogP contribution in [0.2, 0.25) is 0 Å². The molecule has 160 valence electrons. The van der Waals surface area contributed by atoms with Gasteiger partial charge in [-0.1, -0.05) is 38.2 Å². The van der Waals surface area contributed by atoms with E-state index in [1.165, 1.54) is 37.5 Å². The van der Waals surface area contributed by atoms with Gasteiger partial charge in [0.15, 0.2) is 12.1 Å². The van der Waals surface area contributed by atoms with Crippen LogP contribution in [0.3, 0.4) is 0 Å². The number of benzene rings is 1. The minimum atomic E-state index is -0.607. The largest absolute Gasteiger partial charge is 0.351 e. The van der Waals surface area contributed by atoms with Crippen LogP contribution in [0, 0.1) is 11.6 Å². The Morgan fingerprint density at radius 1 is 0.933 bits per heavy atom. The first-order chi connectivity index (χ1) is 14.7. The van der Waals surface area contributed by atoms with Crippen LogP contribution in [0.15, 0.2) is 24.4 Å². The molecular weight excluding hydrogens is 386 g/mol. The maximum atomic E-state index is 14.3. The Labute approximate surface area is 175 Å². The third kappa shape index (κ3) is 3.75. The summed E-state index contributed by atoms with van der Waals surface area (Å²) in [6.45, 7) is 0. The minimum absolute atomic E-state index is 0.126. The molecule has 1 aromatic carbocycles. The quantitative estimate of drug-likeness (QED) is 0.635. The standard InChI is InChI=1S/C22H28F2N6/c23-16-11-6-12-17(24)19(16)28-22-27-18-13-25-21(26-14-7-2-1-3-8-14)29-20(18)30(22)15-9-4-5-10-15/h6,11-15,22,27-28H,1-5,7-10H2,(H,25,26,29). The van der Waals surface area contributed by atoms with Crippen molar-refractivity contribution in [3.63, 3.8) is 0 Å². The molecule has 2 aliphatic carbocycles. The Bertz CT molecular complexity index is 875. The Kier molecular flexibility index (Phi) is 5.31. The van der Waals surface area contributed by atoms with Gasteiger partial charge >= 0.3 is 0 Å². The molecule has 1 aliphatic heterocycles. The van der Waals surface area contributed by atoms with Crippen molar-refractivity contribution in [2.24, 2.45) is 0 Å². The van der Waals surface area contributed by atoms with E-state index in [9.17, 15) is 8.78 Å². The summed E-state index contributed by atoms with van der Waals surface area (Å²) < 4.78 is 28.5. The fourth-order valence-corrected chi connectivity index (χ4v) is 4.95. The molecule has 1 aromatic heterocycles. The summed E-state index contributed by atoms with van der Waals surface area (Å²) >= 11 is 0. The zero-order chi connectivity index (χ0) is 20.5. The van der Waals surface area contributed by atoms with Crippen molar-refractivity contribution in [3.8, 4) is 0 Å². The number of para-hydroxylation sites is 1. The second-order valence-corrected chi connectivity index (χ2v) is 8.54. The molecule has 0 amide bonds. The average molecular weight is 415 g/mol. The molecule has 2 saturated carbocycles. The predicted octanol–water partition coefficient (Wildman–Crippen LogP) is 5.07. The molecular formula is C22H28F2N6. The predicted molar refractivity (Wildman–Crippen MR) is 115 cm³/mol. The van der Waals surface area contributed by atoms with Gasteiger partial charge < -0.3 is 20.9 Å². The van der Waals surface area contributed by atoms with E-state index < -0.39 is 17.9 Å². The van der Waals surface area contributed by atoms with Crippen molar-refractivity contribution in [2.75, 3.05) is 20.9 Å². The highest BCUT2D eigenvalue weighted by Crippen LogP contribution is 2.39. The Morgan fingerprint density at radius 2 is 1.63 bits per heavy atom. The monoisotopic (exact) mass is 414 g/mol. The molecule has 8 heteroatoms. The summed E-state index contributed by atoms with van der Waals surface area (Å²) in [5.41, 5.74) is 0.657. The fraction of sp³-hybridized carbons (Fsp3) is 0.545. The van der Waals surface area contributed by atoms with Crippen molar-refractivity contribution in [3.05, 3.63) is 36.0 Å². The lowest BCUT2D eigenvalue weighted by atomic mass is 9.96. The van der Waals surface area contributed by atoms with Gasteiger partial charge in [0.1, 0.15) is 17.3 Å². The highest BCUT2D eigenvalue weighted by Gasteiger charge is 2.38. The zero-order valence-corrected chi connectivity index (χ0v) is 17.0. The SMILES string of the molecule is Fc1cccc(F)c1NC1Nc2cnc(NC3CCCCC3)nc2N1C1CCCC1. The number of nitrogens with zero attached hydrogens (tertiary/aromatic N) is 3. The highest BCUT2D eigenvalue weighted by molar-refractivity contribution is 5.74. The lowest BCUT2D eigenvalue weighted by molar-refractivity contribution is 0.461. The van der Waals surface area contributed by atoms with Gasteiger partial charge in [-0.3, -0.25) is 0 Å². The smallest absolute Gasteiger partial charge is 0.224 e. The maximum absolute atomic E-state index is 14.3. The van der Waals surface area contributed by atoms with E-state index in [2.05, 4.69) is 25.8 Å². The van der Waals surface area contributed by atoms with Crippen molar-refractivity contribution >= 4 is 23.1 Å². The summed E-state index contributed by atoms with van der Waals surface area (Å²) in [6, 6.07) is 4.57. The summed E-state index contributed by atoms with van der Waals surface area (Å²) in [7, 11) is 0. The third-order valence-electron chi connectivity index (χ3n) is 6.48. The average Bonchev–Trinajstić information content (AvgIpc) is 3.39. The van der Waals surface area contributed by atoms with E-state index in [0.717, 1.165) is 50.0 Å². The molecule has 1 atom stereocenters.